The molecule has 0 amide bonds. The van der Waals surface area contributed by atoms with Crippen LogP contribution in [0.4, 0.5) is 13.2 Å². The molecule has 1 atom stereocenters. The van der Waals surface area contributed by atoms with Gasteiger partial charge in [-0.25, -0.2) is 0 Å². The molecule has 0 saturated heterocycles. The molecule has 0 aliphatic heterocycles. The summed E-state index contributed by atoms with van der Waals surface area (Å²) in [7, 11) is 0. The summed E-state index contributed by atoms with van der Waals surface area (Å²) in [6.45, 7) is 4.48. The van der Waals surface area contributed by atoms with Gasteiger partial charge in [0.15, 0.2) is 0 Å². The molecule has 1 unspecified atom stereocenters. The van der Waals surface area contributed by atoms with Crippen molar-refractivity contribution in [3.05, 3.63) is 33.8 Å². The van der Waals surface area contributed by atoms with Gasteiger partial charge in [-0.15, -0.1) is 0 Å². The maximum absolute atomic E-state index is 12.6. The van der Waals surface area contributed by atoms with Gasteiger partial charge in [0.25, 0.3) is 0 Å². The van der Waals surface area contributed by atoms with Crippen LogP contribution in [0.2, 0.25) is 0 Å². The molecule has 1 N–H and O–H groups in total. The van der Waals surface area contributed by atoms with Gasteiger partial charge in [0, 0.05) is 10.5 Å². The van der Waals surface area contributed by atoms with Crippen LogP contribution in [0, 0.1) is 0 Å². The fourth-order valence-electron chi connectivity index (χ4n) is 1.45. The van der Waals surface area contributed by atoms with Crippen LogP contribution in [0.3, 0.4) is 0 Å². The second-order valence-electron chi connectivity index (χ2n) is 3.52. The van der Waals surface area contributed by atoms with Gasteiger partial charge < -0.3 is 5.32 Å². The highest BCUT2D eigenvalue weighted by Crippen LogP contribution is 2.36. The zero-order valence-corrected chi connectivity index (χ0v) is 10.6. The topological polar surface area (TPSA) is 12.0 Å². The van der Waals surface area contributed by atoms with Gasteiger partial charge in [-0.3, -0.25) is 0 Å². The molecule has 0 aliphatic carbocycles. The Morgan fingerprint density at radius 1 is 1.38 bits per heavy atom. The van der Waals surface area contributed by atoms with Crippen molar-refractivity contribution in [3.8, 4) is 0 Å². The van der Waals surface area contributed by atoms with Gasteiger partial charge in [-0.1, -0.05) is 28.9 Å². The zero-order valence-electron chi connectivity index (χ0n) is 9.03. The molecule has 0 fully saturated rings. The SMILES string of the molecule is CCNC(C)c1ccc(Br)c(C(F)(F)F)c1. The molecular weight excluding hydrogens is 283 g/mol. The zero-order chi connectivity index (χ0) is 12.3. The molecule has 0 saturated carbocycles. The fourth-order valence-corrected chi connectivity index (χ4v) is 1.92. The molecule has 0 aromatic heterocycles. The van der Waals surface area contributed by atoms with E-state index in [1.807, 2.05) is 13.8 Å². The molecule has 1 aromatic rings. The first kappa shape index (κ1) is 13.5. The fraction of sp³-hybridized carbons (Fsp3) is 0.455. The second kappa shape index (κ2) is 5.19. The summed E-state index contributed by atoms with van der Waals surface area (Å²) in [6, 6.07) is 4.22. The lowest BCUT2D eigenvalue weighted by atomic mass is 10.0. The van der Waals surface area contributed by atoms with Gasteiger partial charge in [0.05, 0.1) is 5.56 Å². The summed E-state index contributed by atoms with van der Waals surface area (Å²) < 4.78 is 38.0. The number of hydrogen-bond acceptors (Lipinski definition) is 1. The first-order chi connectivity index (χ1) is 7.36. The smallest absolute Gasteiger partial charge is 0.310 e. The van der Waals surface area contributed by atoms with Crippen molar-refractivity contribution in [2.45, 2.75) is 26.1 Å². The van der Waals surface area contributed by atoms with Crippen molar-refractivity contribution in [3.63, 3.8) is 0 Å². The van der Waals surface area contributed by atoms with Crippen LogP contribution in [0.5, 0.6) is 0 Å². The van der Waals surface area contributed by atoms with E-state index in [0.29, 0.717) is 5.56 Å². The molecule has 5 heteroatoms. The van der Waals surface area contributed by atoms with Crippen LogP contribution >= 0.6 is 15.9 Å². The lowest BCUT2D eigenvalue weighted by Crippen LogP contribution is -2.18. The number of rotatable bonds is 3. The number of hydrogen-bond donors (Lipinski definition) is 1. The molecule has 0 heterocycles. The highest BCUT2D eigenvalue weighted by atomic mass is 79.9. The molecule has 1 nitrogen and oxygen atoms in total. The molecule has 0 spiro atoms. The highest BCUT2D eigenvalue weighted by Gasteiger charge is 2.33. The largest absolute Gasteiger partial charge is 0.417 e. The van der Waals surface area contributed by atoms with E-state index in [1.54, 1.807) is 6.07 Å². The van der Waals surface area contributed by atoms with Gasteiger partial charge in [-0.2, -0.15) is 13.2 Å². The van der Waals surface area contributed by atoms with E-state index in [0.717, 1.165) is 6.54 Å². The summed E-state index contributed by atoms with van der Waals surface area (Å²) in [5, 5.41) is 3.08. The predicted molar refractivity (Wildman–Crippen MR) is 61.2 cm³/mol. The molecule has 16 heavy (non-hydrogen) atoms. The maximum atomic E-state index is 12.6. The third-order valence-corrected chi connectivity index (χ3v) is 3.00. The molecule has 90 valence electrons. The minimum Gasteiger partial charge on any atom is -0.310 e. The monoisotopic (exact) mass is 295 g/mol. The number of alkyl halides is 3. The van der Waals surface area contributed by atoms with Gasteiger partial charge in [-0.05, 0) is 31.2 Å². The van der Waals surface area contributed by atoms with Gasteiger partial charge >= 0.3 is 6.18 Å². The lowest BCUT2D eigenvalue weighted by molar-refractivity contribution is -0.138. The minimum absolute atomic E-state index is 0.0763. The van der Waals surface area contributed by atoms with Gasteiger partial charge in [0.2, 0.25) is 0 Å². The van der Waals surface area contributed by atoms with E-state index >= 15 is 0 Å². The Balaban J connectivity index is 3.07. The average Bonchev–Trinajstić information content (AvgIpc) is 2.16. The quantitative estimate of drug-likeness (QED) is 0.884. The maximum Gasteiger partial charge on any atom is 0.417 e. The first-order valence-corrected chi connectivity index (χ1v) is 5.75. The van der Waals surface area contributed by atoms with Crippen molar-refractivity contribution in [1.82, 2.24) is 5.32 Å². The number of benzene rings is 1. The standard InChI is InChI=1S/C11H13BrF3N/c1-3-16-7(2)8-4-5-10(12)9(6-8)11(13,14)15/h4-7,16H,3H2,1-2H3. The lowest BCUT2D eigenvalue weighted by Gasteiger charge is -2.16. The van der Waals surface area contributed by atoms with E-state index in [4.69, 9.17) is 0 Å². The van der Waals surface area contributed by atoms with Crippen molar-refractivity contribution in [1.29, 1.82) is 0 Å². The van der Waals surface area contributed by atoms with E-state index < -0.39 is 11.7 Å². The Kier molecular flexibility index (Phi) is 4.38. The van der Waals surface area contributed by atoms with Crippen LogP contribution in [0.1, 0.15) is 31.0 Å². The van der Waals surface area contributed by atoms with E-state index in [2.05, 4.69) is 21.2 Å². The Bertz CT molecular complexity index is 363. The summed E-state index contributed by atoms with van der Waals surface area (Å²) in [5.41, 5.74) is 0.00660. The summed E-state index contributed by atoms with van der Waals surface area (Å²) in [6.07, 6.45) is -4.32. The molecule has 0 radical (unpaired) electrons. The third-order valence-electron chi connectivity index (χ3n) is 2.31. The van der Waals surface area contributed by atoms with E-state index in [-0.39, 0.29) is 10.5 Å². The van der Waals surface area contributed by atoms with Crippen LogP contribution in [-0.2, 0) is 6.18 Å². The summed E-state index contributed by atoms with van der Waals surface area (Å²) in [5.74, 6) is 0. The van der Waals surface area contributed by atoms with E-state index in [9.17, 15) is 13.2 Å². The molecule has 0 bridgehead atoms. The van der Waals surface area contributed by atoms with Gasteiger partial charge in [0.1, 0.15) is 0 Å². The van der Waals surface area contributed by atoms with Crippen LogP contribution in [0.25, 0.3) is 0 Å². The Hall–Kier alpha value is -0.550. The Labute approximate surface area is 101 Å². The van der Waals surface area contributed by atoms with Crippen molar-refractivity contribution < 1.29 is 13.2 Å². The summed E-state index contributed by atoms with van der Waals surface area (Å²) in [4.78, 5) is 0. The average molecular weight is 296 g/mol. The molecule has 1 aromatic carbocycles. The van der Waals surface area contributed by atoms with Crippen molar-refractivity contribution in [2.24, 2.45) is 0 Å². The molecule has 1 rings (SSSR count). The third kappa shape index (κ3) is 3.22. The first-order valence-electron chi connectivity index (χ1n) is 4.96. The van der Waals surface area contributed by atoms with Crippen LogP contribution in [0.15, 0.2) is 22.7 Å². The van der Waals surface area contributed by atoms with Crippen molar-refractivity contribution in [2.75, 3.05) is 6.54 Å². The minimum atomic E-state index is -4.32. The predicted octanol–water partition coefficient (Wildman–Crippen LogP) is 4.14. The Morgan fingerprint density at radius 3 is 2.50 bits per heavy atom. The number of nitrogens with one attached hydrogen (secondary N) is 1. The van der Waals surface area contributed by atoms with Crippen LogP contribution in [-0.4, -0.2) is 6.54 Å². The molecule has 0 aliphatic rings. The van der Waals surface area contributed by atoms with E-state index in [1.165, 1.54) is 12.1 Å². The molecular formula is C11H13BrF3N. The number of halogens is 4. The normalized spacial score (nSPS) is 13.9. The Morgan fingerprint density at radius 2 is 2.00 bits per heavy atom. The summed E-state index contributed by atoms with van der Waals surface area (Å²) >= 11 is 2.91. The van der Waals surface area contributed by atoms with Crippen LogP contribution < -0.4 is 5.32 Å². The highest BCUT2D eigenvalue weighted by molar-refractivity contribution is 9.10. The van der Waals surface area contributed by atoms with Crippen molar-refractivity contribution >= 4 is 15.9 Å². The second-order valence-corrected chi connectivity index (χ2v) is 4.37.